The zero-order valence-electron chi connectivity index (χ0n) is 14.7. The lowest BCUT2D eigenvalue weighted by Crippen LogP contribution is -2.96. The van der Waals surface area contributed by atoms with Gasteiger partial charge >= 0.3 is 0 Å². The Labute approximate surface area is 144 Å². The number of benzene rings is 1. The van der Waals surface area contributed by atoms with Gasteiger partial charge in [0.05, 0.1) is 19.3 Å². The van der Waals surface area contributed by atoms with Crippen molar-refractivity contribution in [1.82, 2.24) is 0 Å². The summed E-state index contributed by atoms with van der Waals surface area (Å²) in [6, 6.07) is 8.73. The molecule has 1 amide bonds. The number of anilines is 2. The molecule has 1 aromatic rings. The maximum Gasteiger partial charge on any atom is 0.282 e. The first-order chi connectivity index (χ1) is 11.7. The number of hydrogen-bond donors (Lipinski definition) is 2. The minimum absolute atomic E-state index is 0.0352. The molecule has 0 aromatic heterocycles. The first-order valence-corrected chi connectivity index (χ1v) is 9.31. The largest absolute Gasteiger partial charge is 0.378 e. The van der Waals surface area contributed by atoms with Gasteiger partial charge in [0.15, 0.2) is 6.04 Å². The summed E-state index contributed by atoms with van der Waals surface area (Å²) >= 11 is 0. The van der Waals surface area contributed by atoms with Gasteiger partial charge in [-0.3, -0.25) is 4.79 Å². The van der Waals surface area contributed by atoms with E-state index >= 15 is 0 Å². The van der Waals surface area contributed by atoms with E-state index in [4.69, 9.17) is 4.74 Å². The van der Waals surface area contributed by atoms with Crippen LogP contribution in [-0.4, -0.2) is 44.3 Å². The lowest BCUT2D eigenvalue weighted by atomic mass is 9.95. The van der Waals surface area contributed by atoms with Crippen LogP contribution in [0.25, 0.3) is 0 Å². The number of carbonyl (C=O) groups excluding carboxylic acids is 1. The first kappa shape index (κ1) is 17.2. The van der Waals surface area contributed by atoms with Crippen LogP contribution in [-0.2, 0) is 9.53 Å². The molecule has 0 radical (unpaired) electrons. The third-order valence-electron chi connectivity index (χ3n) is 5.14. The summed E-state index contributed by atoms with van der Waals surface area (Å²) in [4.78, 5) is 14.7. The number of ether oxygens (including phenoxy) is 1. The second-order valence-corrected chi connectivity index (χ2v) is 7.01. The van der Waals surface area contributed by atoms with E-state index in [0.717, 1.165) is 32.0 Å². The Bertz CT molecular complexity index is 520. The van der Waals surface area contributed by atoms with Crippen LogP contribution in [0.5, 0.6) is 0 Å². The lowest BCUT2D eigenvalue weighted by molar-refractivity contribution is -0.708. The van der Waals surface area contributed by atoms with Crippen molar-refractivity contribution >= 4 is 17.3 Å². The van der Waals surface area contributed by atoms with Crippen molar-refractivity contribution in [3.8, 4) is 0 Å². The van der Waals surface area contributed by atoms with Crippen molar-refractivity contribution in [2.45, 2.75) is 51.1 Å². The molecule has 1 saturated carbocycles. The van der Waals surface area contributed by atoms with E-state index in [-0.39, 0.29) is 11.9 Å². The molecule has 1 atom stereocenters. The Morgan fingerprint density at radius 2 is 1.83 bits per heavy atom. The molecular weight excluding hydrogens is 302 g/mol. The lowest BCUT2D eigenvalue weighted by Gasteiger charge is -2.29. The number of quaternary nitrogens is 1. The molecule has 1 aliphatic heterocycles. The van der Waals surface area contributed by atoms with E-state index in [1.165, 1.54) is 37.8 Å². The Balaban J connectivity index is 1.50. The van der Waals surface area contributed by atoms with Crippen LogP contribution in [0.15, 0.2) is 24.3 Å². The zero-order chi connectivity index (χ0) is 16.8. The summed E-state index contributed by atoms with van der Waals surface area (Å²) in [5.41, 5.74) is 2.07. The van der Waals surface area contributed by atoms with Crippen LogP contribution in [0.4, 0.5) is 11.4 Å². The fraction of sp³-hybridized carbons (Fsp3) is 0.632. The smallest absolute Gasteiger partial charge is 0.282 e. The van der Waals surface area contributed by atoms with Gasteiger partial charge in [-0.15, -0.1) is 0 Å². The summed E-state index contributed by atoms with van der Waals surface area (Å²) < 4.78 is 5.38. The highest BCUT2D eigenvalue weighted by molar-refractivity contribution is 5.93. The zero-order valence-corrected chi connectivity index (χ0v) is 14.7. The number of carbonyl (C=O) groups is 1. The summed E-state index contributed by atoms with van der Waals surface area (Å²) in [5.74, 6) is 0.0969. The molecule has 1 aromatic carbocycles. The number of nitrogens with zero attached hydrogens (tertiary/aromatic N) is 1. The molecule has 24 heavy (non-hydrogen) atoms. The van der Waals surface area contributed by atoms with E-state index in [0.29, 0.717) is 6.04 Å². The highest BCUT2D eigenvalue weighted by Gasteiger charge is 2.23. The van der Waals surface area contributed by atoms with Crippen LogP contribution in [0.1, 0.15) is 39.0 Å². The fourth-order valence-corrected chi connectivity index (χ4v) is 3.66. The third-order valence-corrected chi connectivity index (χ3v) is 5.14. The summed E-state index contributed by atoms with van der Waals surface area (Å²) in [6.45, 7) is 5.43. The normalized spacial score (nSPS) is 20.6. The molecule has 3 rings (SSSR count). The predicted octanol–water partition coefficient (Wildman–Crippen LogP) is 1.75. The molecule has 1 saturated heterocycles. The van der Waals surface area contributed by atoms with Gasteiger partial charge in [-0.25, -0.2) is 0 Å². The number of amides is 1. The molecule has 0 spiro atoms. The molecule has 2 aliphatic rings. The first-order valence-electron chi connectivity index (χ1n) is 9.31. The topological polar surface area (TPSA) is 58.2 Å². The van der Waals surface area contributed by atoms with Gasteiger partial charge in [-0.05, 0) is 56.9 Å². The molecular formula is C19H30N3O2+. The van der Waals surface area contributed by atoms with Gasteiger partial charge in [0.2, 0.25) is 0 Å². The monoisotopic (exact) mass is 332 g/mol. The van der Waals surface area contributed by atoms with E-state index in [9.17, 15) is 4.79 Å². The van der Waals surface area contributed by atoms with Crippen LogP contribution < -0.4 is 15.5 Å². The number of rotatable bonds is 5. The maximum absolute atomic E-state index is 12.4. The van der Waals surface area contributed by atoms with Gasteiger partial charge < -0.3 is 20.3 Å². The van der Waals surface area contributed by atoms with E-state index in [1.54, 1.807) is 0 Å². The predicted molar refractivity (Wildman–Crippen MR) is 96.4 cm³/mol. The van der Waals surface area contributed by atoms with E-state index in [1.807, 2.05) is 19.1 Å². The Kier molecular flexibility index (Phi) is 6.10. The maximum atomic E-state index is 12.4. The molecule has 0 unspecified atom stereocenters. The highest BCUT2D eigenvalue weighted by Crippen LogP contribution is 2.19. The Morgan fingerprint density at radius 1 is 1.17 bits per heavy atom. The molecule has 1 aliphatic carbocycles. The third kappa shape index (κ3) is 4.71. The quantitative estimate of drug-likeness (QED) is 0.864. The number of nitrogens with two attached hydrogens (primary N) is 1. The molecule has 5 nitrogen and oxygen atoms in total. The summed E-state index contributed by atoms with van der Waals surface area (Å²) in [5, 5.41) is 5.29. The van der Waals surface area contributed by atoms with Gasteiger partial charge in [-0.2, -0.15) is 0 Å². The van der Waals surface area contributed by atoms with Gasteiger partial charge in [0.25, 0.3) is 5.91 Å². The van der Waals surface area contributed by atoms with E-state index < -0.39 is 0 Å². The fourth-order valence-electron chi connectivity index (χ4n) is 3.66. The van der Waals surface area contributed by atoms with Crippen molar-refractivity contribution in [3.05, 3.63) is 24.3 Å². The van der Waals surface area contributed by atoms with Crippen molar-refractivity contribution in [1.29, 1.82) is 0 Å². The SMILES string of the molecule is C[C@H]([NH2+]C1CCCCC1)C(=O)Nc1ccc(N2CCOCC2)cc1. The van der Waals surface area contributed by atoms with Gasteiger partial charge in [-0.1, -0.05) is 6.42 Å². The number of morpholine rings is 1. The van der Waals surface area contributed by atoms with Crippen LogP contribution >= 0.6 is 0 Å². The van der Waals surface area contributed by atoms with Crippen LogP contribution in [0.2, 0.25) is 0 Å². The van der Waals surface area contributed by atoms with Crippen molar-refractivity contribution in [3.63, 3.8) is 0 Å². The van der Waals surface area contributed by atoms with Gasteiger partial charge in [0.1, 0.15) is 0 Å². The Hall–Kier alpha value is -1.59. The van der Waals surface area contributed by atoms with Crippen molar-refractivity contribution in [2.75, 3.05) is 36.5 Å². The molecule has 132 valence electrons. The summed E-state index contributed by atoms with van der Waals surface area (Å²) in [7, 11) is 0. The van der Waals surface area contributed by atoms with E-state index in [2.05, 4.69) is 27.7 Å². The average Bonchev–Trinajstić information content (AvgIpc) is 2.64. The highest BCUT2D eigenvalue weighted by atomic mass is 16.5. The number of hydrogen-bond acceptors (Lipinski definition) is 3. The minimum atomic E-state index is -0.0352. The number of nitrogens with one attached hydrogen (secondary N) is 1. The van der Waals surface area contributed by atoms with Crippen LogP contribution in [0.3, 0.4) is 0 Å². The van der Waals surface area contributed by atoms with Gasteiger partial charge in [0, 0.05) is 24.5 Å². The van der Waals surface area contributed by atoms with Crippen LogP contribution in [0, 0.1) is 0 Å². The standard InChI is InChI=1S/C19H29N3O2/c1-15(20-16-5-3-2-4-6-16)19(23)21-17-7-9-18(10-8-17)22-11-13-24-14-12-22/h7-10,15-16,20H,2-6,11-14H2,1H3,(H,21,23)/p+1/t15-/m0/s1. The molecule has 5 heteroatoms. The van der Waals surface area contributed by atoms with Crippen molar-refractivity contribution in [2.24, 2.45) is 0 Å². The minimum Gasteiger partial charge on any atom is -0.378 e. The van der Waals surface area contributed by atoms with Crippen molar-refractivity contribution < 1.29 is 14.8 Å². The molecule has 3 N–H and O–H groups in total. The molecule has 2 fully saturated rings. The second-order valence-electron chi connectivity index (χ2n) is 7.01. The average molecular weight is 332 g/mol. The second kappa shape index (κ2) is 8.49. The Morgan fingerprint density at radius 3 is 2.50 bits per heavy atom. The summed E-state index contributed by atoms with van der Waals surface area (Å²) in [6.07, 6.45) is 6.44. The molecule has 0 bridgehead atoms. The molecule has 1 heterocycles.